The number of hydrogen-bond donors (Lipinski definition) is 0. The summed E-state index contributed by atoms with van der Waals surface area (Å²) in [6, 6.07) is 13.0. The van der Waals surface area contributed by atoms with Crippen molar-refractivity contribution in [2.45, 2.75) is 13.0 Å². The van der Waals surface area contributed by atoms with E-state index in [1.165, 1.54) is 24.3 Å². The van der Waals surface area contributed by atoms with Crippen molar-refractivity contribution in [1.82, 2.24) is 4.90 Å². The number of fused-ring (bicyclic) bond motifs is 1. The topological polar surface area (TPSA) is 91.1 Å². The van der Waals surface area contributed by atoms with Crippen LogP contribution in [0.25, 0.3) is 0 Å². The minimum atomic E-state index is -0.488. The molecule has 0 radical (unpaired) electrons. The highest BCUT2D eigenvalue weighted by atomic mass is 16.6. The fraction of sp³-hybridized carbons (Fsp3) is 0.316. The molecule has 8 nitrogen and oxygen atoms in total. The van der Waals surface area contributed by atoms with Crippen LogP contribution in [-0.2, 0) is 4.79 Å². The Morgan fingerprint density at radius 1 is 1.22 bits per heavy atom. The number of carbonyl (C=O) groups is 1. The van der Waals surface area contributed by atoms with E-state index >= 15 is 0 Å². The number of nitro benzene ring substituents is 1. The number of benzene rings is 2. The van der Waals surface area contributed by atoms with Gasteiger partial charge in [0, 0.05) is 18.7 Å². The molecular weight excluding hydrogens is 352 g/mol. The molecule has 142 valence electrons. The smallest absolute Gasteiger partial charge is 0.269 e. The third kappa shape index (κ3) is 4.66. The molecule has 27 heavy (non-hydrogen) atoms. The van der Waals surface area contributed by atoms with Crippen LogP contribution in [0.2, 0.25) is 0 Å². The SMILES string of the molecule is CCN(C[C@@H]1COc2ccccc2O1)C(=O)COc1ccc([N+](=O)[O-])cc1. The molecule has 1 aliphatic heterocycles. The zero-order chi connectivity index (χ0) is 19.2. The van der Waals surface area contributed by atoms with Crippen molar-refractivity contribution < 1.29 is 23.9 Å². The number of rotatable bonds is 7. The molecule has 0 fully saturated rings. The van der Waals surface area contributed by atoms with Crippen LogP contribution in [0.4, 0.5) is 5.69 Å². The maximum Gasteiger partial charge on any atom is 0.269 e. The molecule has 0 aliphatic carbocycles. The van der Waals surface area contributed by atoms with Crippen LogP contribution in [0.15, 0.2) is 48.5 Å². The van der Waals surface area contributed by atoms with E-state index in [1.54, 1.807) is 4.90 Å². The fourth-order valence-electron chi connectivity index (χ4n) is 2.71. The second kappa shape index (κ2) is 8.39. The van der Waals surface area contributed by atoms with E-state index < -0.39 is 4.92 Å². The predicted octanol–water partition coefficient (Wildman–Crippen LogP) is 2.66. The van der Waals surface area contributed by atoms with Crippen molar-refractivity contribution in [3.05, 3.63) is 58.6 Å². The van der Waals surface area contributed by atoms with Gasteiger partial charge in [0.2, 0.25) is 0 Å². The molecule has 1 heterocycles. The first-order chi connectivity index (χ1) is 13.1. The van der Waals surface area contributed by atoms with Gasteiger partial charge in [0.1, 0.15) is 12.4 Å². The predicted molar refractivity (Wildman–Crippen MR) is 97.2 cm³/mol. The van der Waals surface area contributed by atoms with Crippen LogP contribution < -0.4 is 14.2 Å². The zero-order valence-electron chi connectivity index (χ0n) is 14.9. The Labute approximate surface area is 156 Å². The maximum atomic E-state index is 12.4. The maximum absolute atomic E-state index is 12.4. The second-order valence-electron chi connectivity index (χ2n) is 5.97. The number of hydrogen-bond acceptors (Lipinski definition) is 6. The summed E-state index contributed by atoms with van der Waals surface area (Å²) in [5.41, 5.74) is -0.0291. The monoisotopic (exact) mass is 372 g/mol. The summed E-state index contributed by atoms with van der Waals surface area (Å²) in [6.07, 6.45) is -0.261. The molecule has 0 saturated heterocycles. The second-order valence-corrected chi connectivity index (χ2v) is 5.97. The van der Waals surface area contributed by atoms with E-state index in [1.807, 2.05) is 31.2 Å². The normalized spacial score (nSPS) is 15.1. The van der Waals surface area contributed by atoms with Crippen molar-refractivity contribution in [2.24, 2.45) is 0 Å². The fourth-order valence-corrected chi connectivity index (χ4v) is 2.71. The molecule has 1 amide bonds. The minimum absolute atomic E-state index is 0.0291. The first kappa shape index (κ1) is 18.5. The van der Waals surface area contributed by atoms with Gasteiger partial charge in [0.05, 0.1) is 11.5 Å². The lowest BCUT2D eigenvalue weighted by atomic mass is 10.2. The van der Waals surface area contributed by atoms with Crippen molar-refractivity contribution >= 4 is 11.6 Å². The summed E-state index contributed by atoms with van der Waals surface area (Å²) < 4.78 is 17.0. The first-order valence-corrected chi connectivity index (χ1v) is 8.60. The van der Waals surface area contributed by atoms with E-state index in [-0.39, 0.29) is 24.3 Å². The number of nitro groups is 1. The molecule has 0 aromatic heterocycles. The average molecular weight is 372 g/mol. The first-order valence-electron chi connectivity index (χ1n) is 8.60. The van der Waals surface area contributed by atoms with Crippen LogP contribution in [0.1, 0.15) is 6.92 Å². The molecule has 0 bridgehead atoms. The standard InChI is InChI=1S/C19H20N2O6/c1-2-20(11-16-12-26-17-5-3-4-6-18(17)27-16)19(22)13-25-15-9-7-14(8-10-15)21(23)24/h3-10,16H,2,11-13H2,1H3/t16-/m1/s1. The van der Waals surface area contributed by atoms with Crippen molar-refractivity contribution in [3.63, 3.8) is 0 Å². The molecule has 0 saturated carbocycles. The van der Waals surface area contributed by atoms with Crippen LogP contribution in [0.5, 0.6) is 17.2 Å². The highest BCUT2D eigenvalue weighted by Gasteiger charge is 2.25. The number of ether oxygens (including phenoxy) is 3. The summed E-state index contributed by atoms with van der Waals surface area (Å²) in [7, 11) is 0. The Kier molecular flexibility index (Phi) is 5.75. The summed E-state index contributed by atoms with van der Waals surface area (Å²) >= 11 is 0. The highest BCUT2D eigenvalue weighted by Crippen LogP contribution is 2.31. The van der Waals surface area contributed by atoms with Crippen LogP contribution in [-0.4, -0.2) is 48.1 Å². The van der Waals surface area contributed by atoms with Gasteiger partial charge in [-0.1, -0.05) is 12.1 Å². The van der Waals surface area contributed by atoms with E-state index in [0.29, 0.717) is 36.9 Å². The lowest BCUT2D eigenvalue weighted by molar-refractivity contribution is -0.384. The third-order valence-corrected chi connectivity index (χ3v) is 4.14. The Hall–Kier alpha value is -3.29. The van der Waals surface area contributed by atoms with E-state index in [2.05, 4.69) is 0 Å². The van der Waals surface area contributed by atoms with Crippen LogP contribution >= 0.6 is 0 Å². The number of amides is 1. The van der Waals surface area contributed by atoms with Crippen molar-refractivity contribution in [3.8, 4) is 17.2 Å². The minimum Gasteiger partial charge on any atom is -0.486 e. The van der Waals surface area contributed by atoms with E-state index in [4.69, 9.17) is 14.2 Å². The Morgan fingerprint density at radius 2 is 1.93 bits per heavy atom. The van der Waals surface area contributed by atoms with Crippen molar-refractivity contribution in [1.29, 1.82) is 0 Å². The molecule has 0 unspecified atom stereocenters. The molecule has 8 heteroatoms. The number of carbonyl (C=O) groups excluding carboxylic acids is 1. The molecule has 2 aromatic carbocycles. The Morgan fingerprint density at radius 3 is 2.59 bits per heavy atom. The van der Waals surface area contributed by atoms with Gasteiger partial charge in [-0.25, -0.2) is 0 Å². The molecule has 1 aliphatic rings. The van der Waals surface area contributed by atoms with Gasteiger partial charge >= 0.3 is 0 Å². The van der Waals surface area contributed by atoms with Gasteiger partial charge < -0.3 is 19.1 Å². The summed E-state index contributed by atoms with van der Waals surface area (Å²) in [6.45, 7) is 2.97. The largest absolute Gasteiger partial charge is 0.486 e. The number of nitrogens with zero attached hydrogens (tertiary/aromatic N) is 2. The Balaban J connectivity index is 1.53. The average Bonchev–Trinajstić information content (AvgIpc) is 2.70. The summed E-state index contributed by atoms with van der Waals surface area (Å²) in [5, 5.41) is 10.7. The summed E-state index contributed by atoms with van der Waals surface area (Å²) in [5.74, 6) is 1.57. The van der Waals surface area contributed by atoms with Gasteiger partial charge in [-0.2, -0.15) is 0 Å². The third-order valence-electron chi connectivity index (χ3n) is 4.14. The highest BCUT2D eigenvalue weighted by molar-refractivity contribution is 5.77. The molecule has 0 spiro atoms. The van der Waals surface area contributed by atoms with Gasteiger partial charge in [0.15, 0.2) is 24.2 Å². The van der Waals surface area contributed by atoms with Gasteiger partial charge in [0.25, 0.3) is 11.6 Å². The van der Waals surface area contributed by atoms with Gasteiger partial charge in [-0.3, -0.25) is 14.9 Å². The molecular formula is C19H20N2O6. The van der Waals surface area contributed by atoms with Crippen molar-refractivity contribution in [2.75, 3.05) is 26.3 Å². The molecule has 1 atom stereocenters. The van der Waals surface area contributed by atoms with E-state index in [0.717, 1.165) is 0 Å². The molecule has 2 aromatic rings. The lowest BCUT2D eigenvalue weighted by Gasteiger charge is -2.30. The Bertz CT molecular complexity index is 808. The quantitative estimate of drug-likeness (QED) is 0.548. The van der Waals surface area contributed by atoms with Crippen LogP contribution in [0.3, 0.4) is 0 Å². The number of non-ortho nitro benzene ring substituents is 1. The van der Waals surface area contributed by atoms with Gasteiger partial charge in [-0.15, -0.1) is 0 Å². The van der Waals surface area contributed by atoms with Crippen LogP contribution in [0, 0.1) is 10.1 Å². The van der Waals surface area contributed by atoms with E-state index in [9.17, 15) is 14.9 Å². The zero-order valence-corrected chi connectivity index (χ0v) is 14.9. The number of likely N-dealkylation sites (N-methyl/N-ethyl adjacent to an activating group) is 1. The molecule has 0 N–H and O–H groups in total. The lowest BCUT2D eigenvalue weighted by Crippen LogP contribution is -2.45. The van der Waals surface area contributed by atoms with Gasteiger partial charge in [-0.05, 0) is 31.2 Å². The number of para-hydroxylation sites is 2. The molecule has 3 rings (SSSR count). The summed E-state index contributed by atoms with van der Waals surface area (Å²) in [4.78, 5) is 24.2.